The monoisotopic (exact) mass is 330 g/mol. The summed E-state index contributed by atoms with van der Waals surface area (Å²) in [7, 11) is 0. The van der Waals surface area contributed by atoms with Gasteiger partial charge in [-0.15, -0.1) is 11.8 Å². The van der Waals surface area contributed by atoms with E-state index in [2.05, 4.69) is 15.6 Å². The van der Waals surface area contributed by atoms with Crippen LogP contribution in [0.15, 0.2) is 41.8 Å². The third-order valence-electron chi connectivity index (χ3n) is 3.52. The van der Waals surface area contributed by atoms with Crippen molar-refractivity contribution in [2.75, 3.05) is 11.1 Å². The number of amides is 2. The van der Waals surface area contributed by atoms with Gasteiger partial charge in [0.2, 0.25) is 5.91 Å². The molecule has 6 nitrogen and oxygen atoms in total. The van der Waals surface area contributed by atoms with Gasteiger partial charge in [-0.3, -0.25) is 9.59 Å². The van der Waals surface area contributed by atoms with Gasteiger partial charge in [0.05, 0.1) is 12.0 Å². The molecule has 0 aliphatic carbocycles. The molecule has 1 aromatic carbocycles. The fourth-order valence-corrected chi connectivity index (χ4v) is 3.36. The zero-order valence-electron chi connectivity index (χ0n) is 12.8. The van der Waals surface area contributed by atoms with Crippen molar-refractivity contribution in [2.24, 2.45) is 0 Å². The van der Waals surface area contributed by atoms with Crippen molar-refractivity contribution in [2.45, 2.75) is 30.8 Å². The van der Waals surface area contributed by atoms with Crippen LogP contribution in [0.1, 0.15) is 23.7 Å². The lowest BCUT2D eigenvalue weighted by molar-refractivity contribution is -0.115. The first-order valence-electron chi connectivity index (χ1n) is 7.45. The first-order valence-corrected chi connectivity index (χ1v) is 8.43. The molecule has 1 aliphatic heterocycles. The highest BCUT2D eigenvalue weighted by Crippen LogP contribution is 2.31. The molecular formula is C16H18N4O2S. The SMILES string of the molecule is C[C@@H](Cn1ccnc1)NC(=O)c1ccc2c(c1)NC(=O)CCS2. The molecule has 0 saturated carbocycles. The van der Waals surface area contributed by atoms with Crippen molar-refractivity contribution < 1.29 is 9.59 Å². The topological polar surface area (TPSA) is 76.0 Å². The molecule has 120 valence electrons. The lowest BCUT2D eigenvalue weighted by atomic mass is 10.1. The van der Waals surface area contributed by atoms with Crippen LogP contribution in [0.2, 0.25) is 0 Å². The van der Waals surface area contributed by atoms with Crippen LogP contribution in [0, 0.1) is 0 Å². The Labute approximate surface area is 138 Å². The van der Waals surface area contributed by atoms with Crippen LogP contribution in [-0.2, 0) is 11.3 Å². The molecule has 0 spiro atoms. The number of nitrogens with one attached hydrogen (secondary N) is 2. The number of thioether (sulfide) groups is 1. The van der Waals surface area contributed by atoms with Gasteiger partial charge in [0.15, 0.2) is 0 Å². The molecule has 23 heavy (non-hydrogen) atoms. The van der Waals surface area contributed by atoms with E-state index in [0.717, 1.165) is 10.6 Å². The van der Waals surface area contributed by atoms with Gasteiger partial charge >= 0.3 is 0 Å². The molecule has 7 heteroatoms. The second-order valence-electron chi connectivity index (χ2n) is 5.49. The molecule has 1 aliphatic rings. The molecule has 2 aromatic rings. The van der Waals surface area contributed by atoms with Crippen molar-refractivity contribution in [1.82, 2.24) is 14.9 Å². The zero-order chi connectivity index (χ0) is 16.2. The van der Waals surface area contributed by atoms with Gasteiger partial charge in [-0.1, -0.05) is 0 Å². The van der Waals surface area contributed by atoms with Gasteiger partial charge < -0.3 is 15.2 Å². The van der Waals surface area contributed by atoms with Crippen LogP contribution < -0.4 is 10.6 Å². The molecule has 2 amide bonds. The first kappa shape index (κ1) is 15.6. The lowest BCUT2D eigenvalue weighted by Crippen LogP contribution is -2.35. The molecule has 0 unspecified atom stereocenters. The Bertz CT molecular complexity index is 715. The van der Waals surface area contributed by atoms with E-state index >= 15 is 0 Å². The predicted molar refractivity (Wildman–Crippen MR) is 89.6 cm³/mol. The summed E-state index contributed by atoms with van der Waals surface area (Å²) in [4.78, 5) is 29.0. The first-order chi connectivity index (χ1) is 11.1. The third-order valence-corrected chi connectivity index (χ3v) is 4.60. The van der Waals surface area contributed by atoms with Crippen LogP contribution in [0.4, 0.5) is 5.69 Å². The average Bonchev–Trinajstić information content (AvgIpc) is 2.93. The Kier molecular flexibility index (Phi) is 4.66. The Morgan fingerprint density at radius 2 is 2.39 bits per heavy atom. The number of anilines is 1. The fraction of sp³-hybridized carbons (Fsp3) is 0.312. The fourth-order valence-electron chi connectivity index (χ4n) is 2.42. The van der Waals surface area contributed by atoms with Gasteiger partial charge in [0.25, 0.3) is 5.91 Å². The second-order valence-corrected chi connectivity index (χ2v) is 6.63. The summed E-state index contributed by atoms with van der Waals surface area (Å²) in [6, 6.07) is 5.40. The van der Waals surface area contributed by atoms with E-state index in [9.17, 15) is 9.59 Å². The Morgan fingerprint density at radius 1 is 1.52 bits per heavy atom. The Morgan fingerprint density at radius 3 is 3.17 bits per heavy atom. The van der Waals surface area contributed by atoms with Crippen LogP contribution in [0.3, 0.4) is 0 Å². The number of nitrogens with zero attached hydrogens (tertiary/aromatic N) is 2. The van der Waals surface area contributed by atoms with Gasteiger partial charge in [0.1, 0.15) is 0 Å². The maximum absolute atomic E-state index is 12.4. The lowest BCUT2D eigenvalue weighted by Gasteiger charge is -2.15. The number of fused-ring (bicyclic) bond motifs is 1. The molecule has 2 N–H and O–H groups in total. The minimum atomic E-state index is -0.149. The molecule has 1 aromatic heterocycles. The summed E-state index contributed by atoms with van der Waals surface area (Å²) < 4.78 is 1.92. The summed E-state index contributed by atoms with van der Waals surface area (Å²) in [5.74, 6) is 0.595. The van der Waals surface area contributed by atoms with Crippen LogP contribution >= 0.6 is 11.8 Å². The smallest absolute Gasteiger partial charge is 0.251 e. The number of benzene rings is 1. The number of carbonyl (C=O) groups is 2. The van der Waals surface area contributed by atoms with E-state index in [1.165, 1.54) is 0 Å². The van der Waals surface area contributed by atoms with Crippen molar-refractivity contribution >= 4 is 29.3 Å². The van der Waals surface area contributed by atoms with Crippen LogP contribution in [0.5, 0.6) is 0 Å². The van der Waals surface area contributed by atoms with Crippen molar-refractivity contribution in [3.05, 3.63) is 42.5 Å². The van der Waals surface area contributed by atoms with E-state index in [0.29, 0.717) is 24.2 Å². The predicted octanol–water partition coefficient (Wildman–Crippen LogP) is 2.14. The molecule has 2 heterocycles. The quantitative estimate of drug-likeness (QED) is 0.900. The molecule has 0 bridgehead atoms. The van der Waals surface area contributed by atoms with Crippen molar-refractivity contribution in [1.29, 1.82) is 0 Å². The van der Waals surface area contributed by atoms with Crippen LogP contribution in [0.25, 0.3) is 0 Å². The summed E-state index contributed by atoms with van der Waals surface area (Å²) in [5, 5.41) is 5.82. The van der Waals surface area contributed by atoms with E-state index in [1.807, 2.05) is 23.8 Å². The maximum atomic E-state index is 12.4. The Balaban J connectivity index is 1.68. The molecule has 0 saturated heterocycles. The number of hydrogen-bond donors (Lipinski definition) is 2. The third kappa shape index (κ3) is 3.92. The van der Waals surface area contributed by atoms with Gasteiger partial charge in [-0.2, -0.15) is 0 Å². The largest absolute Gasteiger partial charge is 0.348 e. The van der Waals surface area contributed by atoms with Crippen molar-refractivity contribution in [3.63, 3.8) is 0 Å². The molecule has 0 fully saturated rings. The number of carbonyl (C=O) groups excluding carboxylic acids is 2. The number of hydrogen-bond acceptors (Lipinski definition) is 4. The minimum Gasteiger partial charge on any atom is -0.348 e. The zero-order valence-corrected chi connectivity index (χ0v) is 13.6. The van der Waals surface area contributed by atoms with E-state index in [4.69, 9.17) is 0 Å². The Hall–Kier alpha value is -2.28. The summed E-state index contributed by atoms with van der Waals surface area (Å²) in [6.45, 7) is 2.60. The highest BCUT2D eigenvalue weighted by Gasteiger charge is 2.16. The molecule has 3 rings (SSSR count). The average molecular weight is 330 g/mol. The highest BCUT2D eigenvalue weighted by atomic mass is 32.2. The standard InChI is InChI=1S/C16H18N4O2S/c1-11(9-20-6-5-17-10-20)18-16(22)12-2-3-14-13(8-12)19-15(21)4-7-23-14/h2-3,5-6,8,10-11H,4,7,9H2,1H3,(H,18,22)(H,19,21)/t11-/m0/s1. The highest BCUT2D eigenvalue weighted by molar-refractivity contribution is 7.99. The van der Waals surface area contributed by atoms with E-state index in [-0.39, 0.29) is 17.9 Å². The summed E-state index contributed by atoms with van der Waals surface area (Å²) >= 11 is 1.63. The normalized spacial score (nSPS) is 15.3. The van der Waals surface area contributed by atoms with E-state index < -0.39 is 0 Å². The van der Waals surface area contributed by atoms with E-state index in [1.54, 1.807) is 36.4 Å². The van der Waals surface area contributed by atoms with Gasteiger partial charge in [0, 0.05) is 47.6 Å². The second kappa shape index (κ2) is 6.87. The summed E-state index contributed by atoms with van der Waals surface area (Å²) in [6.07, 6.45) is 5.78. The molecule has 1 atom stereocenters. The number of aromatic nitrogens is 2. The molecular weight excluding hydrogens is 312 g/mol. The van der Waals surface area contributed by atoms with Crippen LogP contribution in [-0.4, -0.2) is 33.2 Å². The minimum absolute atomic E-state index is 0.0118. The molecule has 0 radical (unpaired) electrons. The van der Waals surface area contributed by atoms with Gasteiger partial charge in [-0.25, -0.2) is 4.98 Å². The van der Waals surface area contributed by atoms with Crippen molar-refractivity contribution in [3.8, 4) is 0 Å². The number of rotatable bonds is 4. The summed E-state index contributed by atoms with van der Waals surface area (Å²) in [5.41, 5.74) is 1.26. The number of imidazole rings is 1. The maximum Gasteiger partial charge on any atom is 0.251 e. The van der Waals surface area contributed by atoms with Gasteiger partial charge in [-0.05, 0) is 25.1 Å².